The van der Waals surface area contributed by atoms with Gasteiger partial charge in [0.1, 0.15) is 5.75 Å². The van der Waals surface area contributed by atoms with E-state index < -0.39 is 0 Å². The number of ether oxygens (including phenoxy) is 2. The number of rotatable bonds is 5. The van der Waals surface area contributed by atoms with Crippen molar-refractivity contribution in [1.29, 1.82) is 0 Å². The molecule has 0 saturated carbocycles. The molecule has 102 valence electrons. The summed E-state index contributed by atoms with van der Waals surface area (Å²) < 4.78 is 10.4. The molecule has 0 unspecified atom stereocenters. The molecule has 0 atom stereocenters. The van der Waals surface area contributed by atoms with Gasteiger partial charge in [0.2, 0.25) is 0 Å². The Morgan fingerprint density at radius 3 is 2.20 bits per heavy atom. The predicted octanol–water partition coefficient (Wildman–Crippen LogP) is 3.32. The fourth-order valence-corrected chi connectivity index (χ4v) is 1.75. The quantitative estimate of drug-likeness (QED) is 0.474. The van der Waals surface area contributed by atoms with Gasteiger partial charge in [-0.1, -0.05) is 48.5 Å². The van der Waals surface area contributed by atoms with Crippen LogP contribution in [0.4, 0.5) is 0 Å². The van der Waals surface area contributed by atoms with Crippen molar-refractivity contribution in [3.8, 4) is 5.75 Å². The predicted molar refractivity (Wildman–Crippen MR) is 78.4 cm³/mol. The van der Waals surface area contributed by atoms with Crippen LogP contribution in [0.1, 0.15) is 5.56 Å². The van der Waals surface area contributed by atoms with Gasteiger partial charge in [-0.2, -0.15) is 0 Å². The van der Waals surface area contributed by atoms with Crippen LogP contribution in [-0.4, -0.2) is 19.7 Å². The van der Waals surface area contributed by atoms with Crippen molar-refractivity contribution in [2.75, 3.05) is 13.7 Å². The summed E-state index contributed by atoms with van der Waals surface area (Å²) in [6.07, 6.45) is 1.72. The second-order valence-electron chi connectivity index (χ2n) is 4.14. The zero-order chi connectivity index (χ0) is 14.2. The molecule has 2 rings (SSSR count). The zero-order valence-corrected chi connectivity index (χ0v) is 11.3. The average molecular weight is 268 g/mol. The van der Waals surface area contributed by atoms with Crippen molar-refractivity contribution >= 4 is 11.5 Å². The first kappa shape index (κ1) is 14.0. The fraction of sp³-hybridized carbons (Fsp3) is 0.118. The number of hydrogen-bond acceptors (Lipinski definition) is 3. The second-order valence-corrected chi connectivity index (χ2v) is 4.14. The standard InChI is InChI=1S/C17H16O3/c1-19-13-12-16(14-8-4-2-5-9-14)17(18)20-15-10-6-3-7-11-15/h2-12H,13H2,1H3. The first-order valence-electron chi connectivity index (χ1n) is 6.33. The van der Waals surface area contributed by atoms with Crippen molar-refractivity contribution in [3.63, 3.8) is 0 Å². The van der Waals surface area contributed by atoms with E-state index in [1.165, 1.54) is 0 Å². The van der Waals surface area contributed by atoms with Gasteiger partial charge >= 0.3 is 5.97 Å². The van der Waals surface area contributed by atoms with E-state index in [1.807, 2.05) is 48.5 Å². The van der Waals surface area contributed by atoms with Gasteiger partial charge < -0.3 is 9.47 Å². The molecule has 2 aromatic rings. The average Bonchev–Trinajstić information content (AvgIpc) is 2.50. The highest BCUT2D eigenvalue weighted by Gasteiger charge is 2.13. The number of hydrogen-bond donors (Lipinski definition) is 0. The number of para-hydroxylation sites is 1. The summed E-state index contributed by atoms with van der Waals surface area (Å²) in [6.45, 7) is 0.355. The summed E-state index contributed by atoms with van der Waals surface area (Å²) in [4.78, 5) is 12.3. The van der Waals surface area contributed by atoms with Crippen molar-refractivity contribution in [3.05, 3.63) is 72.3 Å². The molecule has 0 bridgehead atoms. The third-order valence-electron chi connectivity index (χ3n) is 2.71. The molecule has 3 nitrogen and oxygen atoms in total. The van der Waals surface area contributed by atoms with E-state index in [0.717, 1.165) is 5.56 Å². The molecular weight excluding hydrogens is 252 g/mol. The minimum Gasteiger partial charge on any atom is -0.423 e. The molecule has 2 aromatic carbocycles. The fourth-order valence-electron chi connectivity index (χ4n) is 1.75. The third-order valence-corrected chi connectivity index (χ3v) is 2.71. The summed E-state index contributed by atoms with van der Waals surface area (Å²) in [5.41, 5.74) is 1.31. The number of carbonyl (C=O) groups is 1. The first-order valence-corrected chi connectivity index (χ1v) is 6.33. The molecule has 0 heterocycles. The molecular formula is C17H16O3. The van der Waals surface area contributed by atoms with E-state index in [-0.39, 0.29) is 5.97 Å². The minimum atomic E-state index is -0.389. The lowest BCUT2D eigenvalue weighted by atomic mass is 10.1. The monoisotopic (exact) mass is 268 g/mol. The van der Waals surface area contributed by atoms with Gasteiger partial charge in [0.05, 0.1) is 12.2 Å². The maximum absolute atomic E-state index is 12.3. The van der Waals surface area contributed by atoms with Crippen LogP contribution in [0.5, 0.6) is 5.75 Å². The molecule has 0 aliphatic heterocycles. The number of carbonyl (C=O) groups excluding carboxylic acids is 1. The van der Waals surface area contributed by atoms with Gasteiger partial charge in [0.25, 0.3) is 0 Å². The number of esters is 1. The van der Waals surface area contributed by atoms with Crippen LogP contribution >= 0.6 is 0 Å². The molecule has 0 aliphatic rings. The van der Waals surface area contributed by atoms with Gasteiger partial charge in [0.15, 0.2) is 0 Å². The lowest BCUT2D eigenvalue weighted by Gasteiger charge is -2.08. The highest BCUT2D eigenvalue weighted by Crippen LogP contribution is 2.18. The molecule has 0 radical (unpaired) electrons. The van der Waals surface area contributed by atoms with Crippen LogP contribution in [0.25, 0.3) is 5.57 Å². The van der Waals surface area contributed by atoms with Crippen LogP contribution in [0.15, 0.2) is 66.7 Å². The van der Waals surface area contributed by atoms with Crippen LogP contribution in [-0.2, 0) is 9.53 Å². The Balaban J connectivity index is 2.21. The number of benzene rings is 2. The van der Waals surface area contributed by atoms with Crippen molar-refractivity contribution in [2.45, 2.75) is 0 Å². The normalized spacial score (nSPS) is 11.2. The largest absolute Gasteiger partial charge is 0.423 e. The van der Waals surface area contributed by atoms with E-state index in [4.69, 9.17) is 9.47 Å². The van der Waals surface area contributed by atoms with E-state index in [9.17, 15) is 4.79 Å². The third kappa shape index (κ3) is 3.80. The van der Waals surface area contributed by atoms with Gasteiger partial charge in [-0.3, -0.25) is 0 Å². The van der Waals surface area contributed by atoms with E-state index in [2.05, 4.69) is 0 Å². The summed E-state index contributed by atoms with van der Waals surface area (Å²) in [5, 5.41) is 0. The molecule has 3 heteroatoms. The highest BCUT2D eigenvalue weighted by molar-refractivity contribution is 6.17. The lowest BCUT2D eigenvalue weighted by molar-refractivity contribution is -0.127. The maximum atomic E-state index is 12.3. The van der Waals surface area contributed by atoms with E-state index >= 15 is 0 Å². The Bertz CT molecular complexity index is 574. The molecule has 0 fully saturated rings. The van der Waals surface area contributed by atoms with E-state index in [1.54, 1.807) is 25.3 Å². The second kappa shape index (κ2) is 7.26. The smallest absolute Gasteiger partial charge is 0.343 e. The Morgan fingerprint density at radius 2 is 1.60 bits per heavy atom. The van der Waals surface area contributed by atoms with Gasteiger partial charge in [-0.25, -0.2) is 4.79 Å². The zero-order valence-electron chi connectivity index (χ0n) is 11.3. The van der Waals surface area contributed by atoms with Crippen molar-refractivity contribution in [2.24, 2.45) is 0 Å². The van der Waals surface area contributed by atoms with Crippen molar-refractivity contribution < 1.29 is 14.3 Å². The van der Waals surface area contributed by atoms with Crippen LogP contribution in [0, 0.1) is 0 Å². The Hall–Kier alpha value is -2.39. The van der Waals surface area contributed by atoms with E-state index in [0.29, 0.717) is 17.9 Å². The van der Waals surface area contributed by atoms with Crippen LogP contribution < -0.4 is 4.74 Å². The Kier molecular flexibility index (Phi) is 5.09. The van der Waals surface area contributed by atoms with Crippen LogP contribution in [0.2, 0.25) is 0 Å². The molecule has 0 aromatic heterocycles. The molecule has 0 aliphatic carbocycles. The number of methoxy groups -OCH3 is 1. The molecule has 0 N–H and O–H groups in total. The maximum Gasteiger partial charge on any atom is 0.343 e. The molecule has 0 saturated heterocycles. The summed E-state index contributed by atoms with van der Waals surface area (Å²) in [6, 6.07) is 18.4. The van der Waals surface area contributed by atoms with Crippen LogP contribution in [0.3, 0.4) is 0 Å². The highest BCUT2D eigenvalue weighted by atomic mass is 16.5. The van der Waals surface area contributed by atoms with Gasteiger partial charge in [-0.15, -0.1) is 0 Å². The Morgan fingerprint density at radius 1 is 1.00 bits per heavy atom. The topological polar surface area (TPSA) is 35.5 Å². The molecule has 0 spiro atoms. The first-order chi connectivity index (χ1) is 9.81. The molecule has 0 amide bonds. The van der Waals surface area contributed by atoms with Crippen molar-refractivity contribution in [1.82, 2.24) is 0 Å². The summed E-state index contributed by atoms with van der Waals surface area (Å²) in [7, 11) is 1.58. The molecule has 20 heavy (non-hydrogen) atoms. The summed E-state index contributed by atoms with van der Waals surface area (Å²) in [5.74, 6) is 0.135. The lowest BCUT2D eigenvalue weighted by Crippen LogP contribution is -2.11. The van der Waals surface area contributed by atoms with Gasteiger partial charge in [0, 0.05) is 7.11 Å². The SMILES string of the molecule is COCC=C(C(=O)Oc1ccccc1)c1ccccc1. The Labute approximate surface area is 118 Å². The minimum absolute atomic E-state index is 0.355. The van der Waals surface area contributed by atoms with Gasteiger partial charge in [-0.05, 0) is 23.8 Å². The summed E-state index contributed by atoms with van der Waals surface area (Å²) >= 11 is 0.